The van der Waals surface area contributed by atoms with E-state index in [-0.39, 0.29) is 17.8 Å². The molecule has 0 aromatic heterocycles. The highest BCUT2D eigenvalue weighted by molar-refractivity contribution is 5.88. The second kappa shape index (κ2) is 15.5. The Hall–Kier alpha value is -4.50. The second-order valence-electron chi connectivity index (χ2n) is 13.8. The zero-order valence-corrected chi connectivity index (χ0v) is 31.5. The summed E-state index contributed by atoms with van der Waals surface area (Å²) in [7, 11) is 9.12. The van der Waals surface area contributed by atoms with Crippen molar-refractivity contribution in [1.29, 1.82) is 0 Å². The van der Waals surface area contributed by atoms with Crippen LogP contribution >= 0.6 is 0 Å². The molecule has 9 atom stereocenters. The van der Waals surface area contributed by atoms with E-state index in [1.54, 1.807) is 43.3 Å². The molecule has 2 aromatic carbocycles. The molecule has 0 unspecified atom stereocenters. The molecule has 1 saturated carbocycles. The van der Waals surface area contributed by atoms with E-state index in [1.807, 2.05) is 13.8 Å². The lowest BCUT2D eigenvalue weighted by atomic mass is 9.57. The summed E-state index contributed by atoms with van der Waals surface area (Å²) in [4.78, 5) is 38.9. The number of hydrogen-bond donors (Lipinski definition) is 0. The van der Waals surface area contributed by atoms with Crippen molar-refractivity contribution in [1.82, 2.24) is 0 Å². The zero-order valence-electron chi connectivity index (χ0n) is 31.5. The Labute approximate surface area is 309 Å². The first-order valence-corrected chi connectivity index (χ1v) is 17.5. The Kier molecular flexibility index (Phi) is 11.2. The molecule has 288 valence electrons. The Morgan fingerprint density at radius 1 is 0.698 bits per heavy atom. The molecular weight excluding hydrogens is 692 g/mol. The maximum absolute atomic E-state index is 13.4. The molecule has 0 N–H and O–H groups in total. The molecule has 7 rings (SSSR count). The normalized spacial score (nSPS) is 31.7. The van der Waals surface area contributed by atoms with E-state index >= 15 is 0 Å². The molecule has 4 saturated heterocycles. The van der Waals surface area contributed by atoms with Crippen LogP contribution in [0.4, 0.5) is 0 Å². The summed E-state index contributed by atoms with van der Waals surface area (Å²) in [5.74, 6) is -0.563. The van der Waals surface area contributed by atoms with E-state index in [4.69, 9.17) is 57.1 Å². The summed E-state index contributed by atoms with van der Waals surface area (Å²) >= 11 is 0. The fourth-order valence-corrected chi connectivity index (χ4v) is 8.16. The Morgan fingerprint density at radius 2 is 1.21 bits per heavy atom. The summed E-state index contributed by atoms with van der Waals surface area (Å²) in [6, 6.07) is 6.91. The quantitative estimate of drug-likeness (QED) is 0.148. The molecule has 4 aliphatic heterocycles. The minimum absolute atomic E-state index is 0.142. The van der Waals surface area contributed by atoms with Gasteiger partial charge in [0.15, 0.2) is 34.9 Å². The van der Waals surface area contributed by atoms with Gasteiger partial charge in [0.1, 0.15) is 6.10 Å². The summed E-state index contributed by atoms with van der Waals surface area (Å²) in [6.45, 7) is 5.77. The molecule has 0 radical (unpaired) electrons. The molecule has 5 aliphatic rings. The van der Waals surface area contributed by atoms with Crippen LogP contribution in [0.3, 0.4) is 0 Å². The van der Waals surface area contributed by atoms with Crippen molar-refractivity contribution < 1.29 is 66.7 Å². The van der Waals surface area contributed by atoms with Crippen LogP contribution in [0.15, 0.2) is 36.4 Å². The second-order valence-corrected chi connectivity index (χ2v) is 13.8. The molecule has 2 aromatic rings. The van der Waals surface area contributed by atoms with Gasteiger partial charge in [0, 0.05) is 36.3 Å². The Bertz CT molecular complexity index is 1690. The van der Waals surface area contributed by atoms with E-state index < -0.39 is 47.9 Å². The fourth-order valence-electron chi connectivity index (χ4n) is 8.16. The van der Waals surface area contributed by atoms with Crippen LogP contribution < -0.4 is 28.4 Å². The van der Waals surface area contributed by atoms with Gasteiger partial charge in [0.2, 0.25) is 23.6 Å². The van der Waals surface area contributed by atoms with Crippen molar-refractivity contribution >= 4 is 24.1 Å². The number of carbonyl (C=O) groups is 2. The van der Waals surface area contributed by atoms with Crippen LogP contribution in [-0.4, -0.2) is 84.7 Å². The molecule has 5 fully saturated rings. The average molecular weight is 741 g/mol. The number of rotatable bonds is 12. The molecule has 4 heterocycles. The van der Waals surface area contributed by atoms with Crippen molar-refractivity contribution in [3.05, 3.63) is 47.5 Å². The van der Waals surface area contributed by atoms with E-state index in [0.29, 0.717) is 64.9 Å². The fraction of sp³-hybridized carbons (Fsp3) is 0.538. The van der Waals surface area contributed by atoms with Crippen molar-refractivity contribution in [3.8, 4) is 34.5 Å². The minimum atomic E-state index is -1.07. The monoisotopic (exact) mass is 740 g/mol. The lowest BCUT2D eigenvalue weighted by Gasteiger charge is -2.60. The molecule has 0 amide bonds. The predicted molar refractivity (Wildman–Crippen MR) is 188 cm³/mol. The number of benzene rings is 2. The van der Waals surface area contributed by atoms with Gasteiger partial charge in [-0.05, 0) is 73.2 Å². The number of methoxy groups -OCH3 is 6. The Balaban J connectivity index is 1.22. The van der Waals surface area contributed by atoms with E-state index in [1.165, 1.54) is 54.8 Å². The number of carbonyl (C=O) groups excluding carboxylic acids is 2. The van der Waals surface area contributed by atoms with E-state index in [2.05, 4.69) is 0 Å². The van der Waals surface area contributed by atoms with Gasteiger partial charge in [-0.2, -0.15) is 0 Å². The molecule has 2 bridgehead atoms. The van der Waals surface area contributed by atoms with E-state index in [0.717, 1.165) is 0 Å². The highest BCUT2D eigenvalue weighted by Crippen LogP contribution is 2.61. The SMILES string of the molecule is COc1cc(/C=C/C(=O)O[C@@H]2O[C@@H]3O[C@@]4(C)CC[C@H]5[C@H](C)[C@H](OC(=O)/C=C/c6cc(OC)c(OC)c(OC)c6)C[C@@H]([C@H]2C)[C@@]35OO4)cc(OC)c1OC. The van der Waals surface area contributed by atoms with Gasteiger partial charge in [0.25, 0.3) is 0 Å². The van der Waals surface area contributed by atoms with Gasteiger partial charge in [-0.3, -0.25) is 0 Å². The van der Waals surface area contributed by atoms with Crippen LogP contribution in [0.1, 0.15) is 51.2 Å². The van der Waals surface area contributed by atoms with Crippen molar-refractivity contribution in [2.24, 2.45) is 23.7 Å². The summed E-state index contributed by atoms with van der Waals surface area (Å²) < 4.78 is 57.5. The number of esters is 2. The van der Waals surface area contributed by atoms with Gasteiger partial charge in [-0.1, -0.05) is 13.8 Å². The Morgan fingerprint density at radius 3 is 1.70 bits per heavy atom. The first-order chi connectivity index (χ1) is 25.4. The van der Waals surface area contributed by atoms with Gasteiger partial charge in [-0.25, -0.2) is 19.4 Å². The smallest absolute Gasteiger partial charge is 0.333 e. The lowest BCUT2D eigenvalue weighted by Crippen LogP contribution is -2.72. The van der Waals surface area contributed by atoms with Crippen LogP contribution in [0, 0.1) is 23.7 Å². The maximum Gasteiger partial charge on any atom is 0.333 e. The standard InChI is InChI=1S/C39H48O14/c1-21-25-14-15-38(3)51-37-39(25,53-52-38)26(20-27(21)48-32(40)12-10-23-16-28(42-4)34(46-8)29(17-23)43-5)22(2)36(50-37)49-33(41)13-11-24-18-30(44-6)35(47-9)31(19-24)45-7/h10-13,16-19,21-22,25-27,36-37H,14-15,20H2,1-9H3/b12-10+,13-11+/t21-,22+,25-,26-,27+,36+,37+,38+,39+/m0/s1. The molecule has 1 spiro atoms. The number of hydrogen-bond acceptors (Lipinski definition) is 14. The highest BCUT2D eigenvalue weighted by atomic mass is 17.3. The number of ether oxygens (including phenoxy) is 10. The summed E-state index contributed by atoms with van der Waals surface area (Å²) in [5.41, 5.74) is 0.274. The highest BCUT2D eigenvalue weighted by Gasteiger charge is 2.71. The van der Waals surface area contributed by atoms with Crippen LogP contribution in [0.5, 0.6) is 34.5 Å². The average Bonchev–Trinajstić information content (AvgIpc) is 3.39. The first-order valence-electron chi connectivity index (χ1n) is 17.5. The largest absolute Gasteiger partial charge is 0.493 e. The van der Waals surface area contributed by atoms with Gasteiger partial charge >= 0.3 is 11.9 Å². The minimum Gasteiger partial charge on any atom is -0.493 e. The molecular formula is C39H48O14. The lowest BCUT2D eigenvalue weighted by molar-refractivity contribution is -0.577. The van der Waals surface area contributed by atoms with Crippen molar-refractivity contribution in [2.45, 2.75) is 70.1 Å². The molecule has 53 heavy (non-hydrogen) atoms. The summed E-state index contributed by atoms with van der Waals surface area (Å²) in [6.07, 6.45) is 5.11. The third-order valence-corrected chi connectivity index (χ3v) is 10.9. The van der Waals surface area contributed by atoms with Crippen LogP contribution in [-0.2, 0) is 38.3 Å². The van der Waals surface area contributed by atoms with Crippen LogP contribution in [0.25, 0.3) is 12.2 Å². The van der Waals surface area contributed by atoms with Crippen molar-refractivity contribution in [3.63, 3.8) is 0 Å². The van der Waals surface area contributed by atoms with Crippen molar-refractivity contribution in [2.75, 3.05) is 42.7 Å². The molecule has 1 aliphatic carbocycles. The first kappa shape index (κ1) is 38.2. The van der Waals surface area contributed by atoms with Gasteiger partial charge in [0.05, 0.1) is 42.7 Å². The van der Waals surface area contributed by atoms with Gasteiger partial charge in [-0.15, -0.1) is 0 Å². The zero-order chi connectivity index (χ0) is 38.1. The maximum atomic E-state index is 13.4. The molecule has 14 heteroatoms. The van der Waals surface area contributed by atoms with Gasteiger partial charge < -0.3 is 47.4 Å². The molecule has 14 nitrogen and oxygen atoms in total. The van der Waals surface area contributed by atoms with E-state index in [9.17, 15) is 9.59 Å². The third-order valence-electron chi connectivity index (χ3n) is 10.9. The topological polar surface area (TPSA) is 145 Å². The number of fused-ring (bicyclic) bond motifs is 2. The predicted octanol–water partition coefficient (Wildman–Crippen LogP) is 5.74. The summed E-state index contributed by atoms with van der Waals surface area (Å²) in [5, 5.41) is 0. The third kappa shape index (κ3) is 7.12. The van der Waals surface area contributed by atoms with Crippen LogP contribution in [0.2, 0.25) is 0 Å².